The van der Waals surface area contributed by atoms with E-state index in [1.54, 1.807) is 4.80 Å². The van der Waals surface area contributed by atoms with Crippen molar-refractivity contribution < 1.29 is 4.79 Å². The maximum Gasteiger partial charge on any atom is 0.222 e. The monoisotopic (exact) mass is 401 g/mol. The average molecular weight is 401 g/mol. The second kappa shape index (κ2) is 9.18. The number of hydrogen-bond acceptors (Lipinski definition) is 6. The molecule has 0 atom stereocenters. The molecule has 1 saturated heterocycles. The van der Waals surface area contributed by atoms with Crippen LogP contribution in [-0.4, -0.2) is 57.2 Å². The van der Waals surface area contributed by atoms with Gasteiger partial charge in [-0.1, -0.05) is 42.5 Å². The smallest absolute Gasteiger partial charge is 0.222 e. The van der Waals surface area contributed by atoms with E-state index < -0.39 is 0 Å². The topological polar surface area (TPSA) is 90.9 Å². The van der Waals surface area contributed by atoms with E-state index in [9.17, 15) is 10.1 Å². The Kier molecular flexibility index (Phi) is 5.99. The molecular formula is C22H23N7O. The van der Waals surface area contributed by atoms with Gasteiger partial charge >= 0.3 is 0 Å². The zero-order chi connectivity index (χ0) is 20.8. The van der Waals surface area contributed by atoms with Gasteiger partial charge in [-0.2, -0.15) is 10.1 Å². The molecule has 152 valence electrons. The third-order valence-corrected chi connectivity index (χ3v) is 5.23. The molecule has 1 amide bonds. The van der Waals surface area contributed by atoms with Crippen molar-refractivity contribution in [2.45, 2.75) is 19.4 Å². The molecule has 0 unspecified atom stereocenters. The van der Waals surface area contributed by atoms with Crippen LogP contribution in [0.3, 0.4) is 0 Å². The van der Waals surface area contributed by atoms with Crippen molar-refractivity contribution in [1.82, 2.24) is 25.1 Å². The first kappa shape index (κ1) is 19.6. The number of hydrogen-bond donors (Lipinski definition) is 0. The molecule has 1 aliphatic heterocycles. The van der Waals surface area contributed by atoms with Crippen molar-refractivity contribution in [2.24, 2.45) is 0 Å². The second-order valence-electron chi connectivity index (χ2n) is 7.18. The third-order valence-electron chi connectivity index (χ3n) is 5.23. The summed E-state index contributed by atoms with van der Waals surface area (Å²) in [6, 6.07) is 19.6. The number of aryl methyl sites for hydroxylation is 1. The maximum atomic E-state index is 12.6. The maximum absolute atomic E-state index is 12.6. The van der Waals surface area contributed by atoms with Gasteiger partial charge in [0.25, 0.3) is 0 Å². The lowest BCUT2D eigenvalue weighted by atomic mass is 10.1. The Hall–Kier alpha value is -3.73. The first-order chi connectivity index (χ1) is 14.7. The van der Waals surface area contributed by atoms with Crippen LogP contribution in [0, 0.1) is 11.3 Å². The Bertz CT molecular complexity index is 1030. The van der Waals surface area contributed by atoms with Gasteiger partial charge in [0.15, 0.2) is 0 Å². The number of benzene rings is 2. The van der Waals surface area contributed by atoms with Crippen molar-refractivity contribution in [3.05, 3.63) is 60.2 Å². The molecule has 8 nitrogen and oxygen atoms in total. The summed E-state index contributed by atoms with van der Waals surface area (Å²) in [5, 5.41) is 21.8. The summed E-state index contributed by atoms with van der Waals surface area (Å²) in [5.41, 5.74) is 2.54. The van der Waals surface area contributed by atoms with Gasteiger partial charge in [-0.05, 0) is 23.8 Å². The van der Waals surface area contributed by atoms with Crippen molar-refractivity contribution in [2.75, 3.05) is 31.1 Å². The van der Waals surface area contributed by atoms with E-state index in [2.05, 4.69) is 26.4 Å². The number of amides is 1. The summed E-state index contributed by atoms with van der Waals surface area (Å²) >= 11 is 0. The molecule has 0 aliphatic carbocycles. The van der Waals surface area contributed by atoms with Crippen LogP contribution in [0.2, 0.25) is 0 Å². The molecule has 0 spiro atoms. The zero-order valence-electron chi connectivity index (χ0n) is 16.7. The predicted octanol–water partition coefficient (Wildman–Crippen LogP) is 2.34. The van der Waals surface area contributed by atoms with Gasteiger partial charge in [0.05, 0.1) is 17.8 Å². The molecule has 1 fully saturated rings. The summed E-state index contributed by atoms with van der Waals surface area (Å²) in [5.74, 6) is 0.738. The lowest BCUT2D eigenvalue weighted by Gasteiger charge is -2.36. The average Bonchev–Trinajstić information content (AvgIpc) is 3.28. The lowest BCUT2D eigenvalue weighted by molar-refractivity contribution is -0.131. The van der Waals surface area contributed by atoms with Gasteiger partial charge in [0.1, 0.15) is 6.07 Å². The highest BCUT2D eigenvalue weighted by molar-refractivity contribution is 5.76. The number of nitriles is 1. The van der Waals surface area contributed by atoms with Crippen LogP contribution in [0.15, 0.2) is 54.6 Å². The fourth-order valence-corrected chi connectivity index (χ4v) is 3.61. The minimum absolute atomic E-state index is 0.145. The molecule has 8 heteroatoms. The van der Waals surface area contributed by atoms with Gasteiger partial charge in [0, 0.05) is 38.2 Å². The Labute approximate surface area is 175 Å². The molecule has 0 bridgehead atoms. The number of carbonyl (C=O) groups excluding carboxylic acids is 1. The van der Waals surface area contributed by atoms with Crippen molar-refractivity contribution in [3.8, 4) is 17.5 Å². The molecule has 1 aromatic heterocycles. The number of carbonyl (C=O) groups is 1. The van der Waals surface area contributed by atoms with Crippen molar-refractivity contribution in [1.29, 1.82) is 5.26 Å². The molecule has 0 radical (unpaired) electrons. The summed E-state index contributed by atoms with van der Waals surface area (Å²) < 4.78 is 0. The van der Waals surface area contributed by atoms with Crippen LogP contribution in [0.4, 0.5) is 5.69 Å². The SMILES string of the molecule is N#Cc1ccccc1N1CCN(C(=O)CCCn2nnc(-c3ccccc3)n2)CC1. The van der Waals surface area contributed by atoms with E-state index in [4.69, 9.17) is 0 Å². The molecule has 3 aromatic rings. The largest absolute Gasteiger partial charge is 0.367 e. The van der Waals surface area contributed by atoms with Crippen LogP contribution >= 0.6 is 0 Å². The molecule has 2 aromatic carbocycles. The summed E-state index contributed by atoms with van der Waals surface area (Å²) in [4.78, 5) is 18.2. The Balaban J connectivity index is 1.24. The van der Waals surface area contributed by atoms with E-state index in [0.29, 0.717) is 43.9 Å². The van der Waals surface area contributed by atoms with E-state index in [-0.39, 0.29) is 5.91 Å². The minimum atomic E-state index is 0.145. The van der Waals surface area contributed by atoms with Crippen molar-refractivity contribution >= 4 is 11.6 Å². The quantitative estimate of drug-likeness (QED) is 0.630. The summed E-state index contributed by atoms with van der Waals surface area (Å²) in [7, 11) is 0. The molecule has 4 rings (SSSR count). The molecule has 0 N–H and O–H groups in total. The highest BCUT2D eigenvalue weighted by Gasteiger charge is 2.22. The molecule has 0 saturated carbocycles. The lowest BCUT2D eigenvalue weighted by Crippen LogP contribution is -2.49. The van der Waals surface area contributed by atoms with Gasteiger partial charge in [-0.3, -0.25) is 4.79 Å². The molecule has 1 aliphatic rings. The van der Waals surface area contributed by atoms with Crippen molar-refractivity contribution in [3.63, 3.8) is 0 Å². The zero-order valence-corrected chi connectivity index (χ0v) is 16.7. The van der Waals surface area contributed by atoms with Gasteiger partial charge in [-0.15, -0.1) is 10.2 Å². The highest BCUT2D eigenvalue weighted by atomic mass is 16.2. The number of nitrogens with zero attached hydrogens (tertiary/aromatic N) is 7. The first-order valence-corrected chi connectivity index (χ1v) is 10.1. The van der Waals surface area contributed by atoms with Gasteiger partial charge < -0.3 is 9.80 Å². The van der Waals surface area contributed by atoms with Crippen LogP contribution < -0.4 is 4.90 Å². The number of aromatic nitrogens is 4. The Morgan fingerprint density at radius 2 is 1.73 bits per heavy atom. The summed E-state index contributed by atoms with van der Waals surface area (Å²) in [6.45, 7) is 3.35. The fourth-order valence-electron chi connectivity index (χ4n) is 3.61. The number of tetrazole rings is 1. The van der Waals surface area contributed by atoms with Crippen LogP contribution in [0.1, 0.15) is 18.4 Å². The predicted molar refractivity (Wildman–Crippen MR) is 112 cm³/mol. The van der Waals surface area contributed by atoms with E-state index in [0.717, 1.165) is 24.3 Å². The number of rotatable bonds is 6. The van der Waals surface area contributed by atoms with E-state index >= 15 is 0 Å². The van der Waals surface area contributed by atoms with Crippen LogP contribution in [-0.2, 0) is 11.3 Å². The summed E-state index contributed by atoms with van der Waals surface area (Å²) in [6.07, 6.45) is 1.12. The first-order valence-electron chi connectivity index (χ1n) is 10.1. The van der Waals surface area contributed by atoms with E-state index in [1.165, 1.54) is 0 Å². The van der Waals surface area contributed by atoms with Gasteiger partial charge in [0.2, 0.25) is 11.7 Å². The number of piperazine rings is 1. The number of para-hydroxylation sites is 1. The second-order valence-corrected chi connectivity index (χ2v) is 7.18. The normalized spacial score (nSPS) is 13.8. The molecule has 30 heavy (non-hydrogen) atoms. The van der Waals surface area contributed by atoms with Crippen LogP contribution in [0.5, 0.6) is 0 Å². The third kappa shape index (κ3) is 4.46. The highest BCUT2D eigenvalue weighted by Crippen LogP contribution is 2.21. The Morgan fingerprint density at radius 3 is 2.50 bits per heavy atom. The Morgan fingerprint density at radius 1 is 1.00 bits per heavy atom. The van der Waals surface area contributed by atoms with E-state index in [1.807, 2.05) is 59.5 Å². The van der Waals surface area contributed by atoms with Gasteiger partial charge in [-0.25, -0.2) is 0 Å². The van der Waals surface area contributed by atoms with Crippen LogP contribution in [0.25, 0.3) is 11.4 Å². The minimum Gasteiger partial charge on any atom is -0.367 e. The standard InChI is InChI=1S/C22H23N7O/c23-17-19-9-4-5-10-20(19)27-13-15-28(16-14-27)21(30)11-6-12-29-25-22(24-26-29)18-7-2-1-3-8-18/h1-5,7-10H,6,11-16H2. The molecular weight excluding hydrogens is 378 g/mol. The fraction of sp³-hybridized carbons (Fsp3) is 0.318. The molecule has 2 heterocycles. The number of anilines is 1.